The van der Waals surface area contributed by atoms with Gasteiger partial charge in [-0.25, -0.2) is 8.78 Å². The first-order valence-electron chi connectivity index (χ1n) is 5.67. The van der Waals surface area contributed by atoms with Gasteiger partial charge in [0, 0.05) is 17.6 Å². The maximum absolute atomic E-state index is 13.4. The number of carboxylic acids is 1. The standard InChI is InChI=1S/C13H10F2N2O3/c1-6(13(19)20)17-12(18)8-2-7-3-9(14)4-10(15)11(7)16-5-8/h2-6H,1H3,(H,17,18)(H,19,20). The SMILES string of the molecule is CC(NC(=O)c1cnc2c(F)cc(F)cc2c1)C(=O)O. The topological polar surface area (TPSA) is 79.3 Å². The van der Waals surface area contributed by atoms with Crippen LogP contribution in [-0.2, 0) is 4.79 Å². The third-order valence-electron chi connectivity index (χ3n) is 2.68. The van der Waals surface area contributed by atoms with Crippen molar-refractivity contribution in [2.45, 2.75) is 13.0 Å². The molecule has 1 heterocycles. The minimum atomic E-state index is -1.19. The molecule has 1 amide bonds. The van der Waals surface area contributed by atoms with Gasteiger partial charge < -0.3 is 10.4 Å². The molecule has 20 heavy (non-hydrogen) atoms. The molecule has 1 atom stereocenters. The maximum Gasteiger partial charge on any atom is 0.325 e. The average Bonchev–Trinajstić information content (AvgIpc) is 2.37. The Morgan fingerprint density at radius 2 is 2.00 bits per heavy atom. The summed E-state index contributed by atoms with van der Waals surface area (Å²) in [4.78, 5) is 26.2. The van der Waals surface area contributed by atoms with Gasteiger partial charge in [-0.15, -0.1) is 0 Å². The maximum atomic E-state index is 13.4. The van der Waals surface area contributed by atoms with Crippen molar-refractivity contribution in [2.75, 3.05) is 0 Å². The van der Waals surface area contributed by atoms with Crippen molar-refractivity contribution in [3.63, 3.8) is 0 Å². The molecule has 0 bridgehead atoms. The highest BCUT2D eigenvalue weighted by molar-refractivity contribution is 5.99. The van der Waals surface area contributed by atoms with Gasteiger partial charge in [-0.2, -0.15) is 0 Å². The Labute approximate surface area is 112 Å². The van der Waals surface area contributed by atoms with Crippen LogP contribution in [0.25, 0.3) is 10.9 Å². The lowest BCUT2D eigenvalue weighted by atomic mass is 10.1. The van der Waals surface area contributed by atoms with E-state index in [1.54, 1.807) is 0 Å². The molecule has 0 spiro atoms. The van der Waals surface area contributed by atoms with Gasteiger partial charge >= 0.3 is 5.97 Å². The number of pyridine rings is 1. The van der Waals surface area contributed by atoms with Gasteiger partial charge in [-0.1, -0.05) is 0 Å². The molecule has 1 unspecified atom stereocenters. The monoisotopic (exact) mass is 280 g/mol. The molecule has 0 aliphatic rings. The van der Waals surface area contributed by atoms with E-state index in [0.29, 0.717) is 6.07 Å². The summed E-state index contributed by atoms with van der Waals surface area (Å²) in [7, 11) is 0. The number of rotatable bonds is 3. The molecular weight excluding hydrogens is 270 g/mol. The van der Waals surface area contributed by atoms with Crippen LogP contribution in [-0.4, -0.2) is 28.0 Å². The highest BCUT2D eigenvalue weighted by Crippen LogP contribution is 2.18. The number of amides is 1. The number of fused-ring (bicyclic) bond motifs is 1. The number of nitrogens with one attached hydrogen (secondary N) is 1. The molecule has 1 aromatic heterocycles. The Morgan fingerprint density at radius 1 is 1.30 bits per heavy atom. The second-order valence-electron chi connectivity index (χ2n) is 4.22. The number of carboxylic acid groups (broad SMARTS) is 1. The Bertz CT molecular complexity index is 703. The van der Waals surface area contributed by atoms with Crippen molar-refractivity contribution >= 4 is 22.8 Å². The summed E-state index contributed by atoms with van der Waals surface area (Å²) in [6.45, 7) is 1.30. The summed E-state index contributed by atoms with van der Waals surface area (Å²) < 4.78 is 26.5. The molecule has 0 aliphatic carbocycles. The van der Waals surface area contributed by atoms with Crippen LogP contribution in [0.3, 0.4) is 0 Å². The summed E-state index contributed by atoms with van der Waals surface area (Å²) in [5.74, 6) is -3.48. The predicted octanol–water partition coefficient (Wildman–Crippen LogP) is 1.72. The molecule has 2 rings (SSSR count). The van der Waals surface area contributed by atoms with Crippen LogP contribution in [0, 0.1) is 11.6 Å². The molecule has 0 radical (unpaired) electrons. The normalized spacial score (nSPS) is 12.2. The molecule has 0 saturated carbocycles. The van der Waals surface area contributed by atoms with E-state index >= 15 is 0 Å². The fraction of sp³-hybridized carbons (Fsp3) is 0.154. The second kappa shape index (κ2) is 5.20. The fourth-order valence-electron chi connectivity index (χ4n) is 1.64. The van der Waals surface area contributed by atoms with Gasteiger partial charge in [0.25, 0.3) is 5.91 Å². The van der Waals surface area contributed by atoms with Gasteiger partial charge in [-0.3, -0.25) is 14.6 Å². The van der Waals surface area contributed by atoms with Crippen LogP contribution >= 0.6 is 0 Å². The summed E-state index contributed by atoms with van der Waals surface area (Å²) in [6, 6.07) is 1.91. The Balaban J connectivity index is 2.36. The molecule has 104 valence electrons. The van der Waals surface area contributed by atoms with Crippen molar-refractivity contribution < 1.29 is 23.5 Å². The minimum Gasteiger partial charge on any atom is -0.480 e. The highest BCUT2D eigenvalue weighted by atomic mass is 19.1. The third kappa shape index (κ3) is 2.71. The van der Waals surface area contributed by atoms with Crippen LogP contribution < -0.4 is 5.32 Å². The van der Waals surface area contributed by atoms with Crippen LogP contribution in [0.5, 0.6) is 0 Å². The first-order chi connectivity index (χ1) is 9.38. The van der Waals surface area contributed by atoms with Crippen molar-refractivity contribution in [1.82, 2.24) is 10.3 Å². The summed E-state index contributed by atoms with van der Waals surface area (Å²) in [5.41, 5.74) is -0.0372. The number of nitrogens with zero attached hydrogens (tertiary/aromatic N) is 1. The van der Waals surface area contributed by atoms with Crippen LogP contribution in [0.1, 0.15) is 17.3 Å². The van der Waals surface area contributed by atoms with Crippen LogP contribution in [0.15, 0.2) is 24.4 Å². The van der Waals surface area contributed by atoms with Crippen molar-refractivity contribution in [3.8, 4) is 0 Å². The van der Waals surface area contributed by atoms with E-state index < -0.39 is 29.6 Å². The smallest absolute Gasteiger partial charge is 0.325 e. The average molecular weight is 280 g/mol. The van der Waals surface area contributed by atoms with E-state index in [2.05, 4.69) is 10.3 Å². The predicted molar refractivity (Wildman–Crippen MR) is 66.2 cm³/mol. The lowest BCUT2D eigenvalue weighted by Crippen LogP contribution is -2.38. The highest BCUT2D eigenvalue weighted by Gasteiger charge is 2.16. The minimum absolute atomic E-state index is 0.0237. The number of halogens is 2. The van der Waals surface area contributed by atoms with Gasteiger partial charge in [0.05, 0.1) is 5.56 Å². The number of hydrogen-bond acceptors (Lipinski definition) is 3. The molecule has 5 nitrogen and oxygen atoms in total. The summed E-state index contributed by atoms with van der Waals surface area (Å²) >= 11 is 0. The van der Waals surface area contributed by atoms with E-state index in [4.69, 9.17) is 5.11 Å². The number of aromatic nitrogens is 1. The molecule has 7 heteroatoms. The molecule has 0 saturated heterocycles. The van der Waals surface area contributed by atoms with Crippen molar-refractivity contribution in [1.29, 1.82) is 0 Å². The Hall–Kier alpha value is -2.57. The van der Waals surface area contributed by atoms with E-state index in [0.717, 1.165) is 12.3 Å². The molecular formula is C13H10F2N2O3. The van der Waals surface area contributed by atoms with Gasteiger partial charge in [0.15, 0.2) is 5.82 Å². The zero-order chi connectivity index (χ0) is 14.9. The molecule has 0 aliphatic heterocycles. The number of carbonyl (C=O) groups is 2. The van der Waals surface area contributed by atoms with Crippen LogP contribution in [0.4, 0.5) is 8.78 Å². The van der Waals surface area contributed by atoms with Gasteiger partial charge in [-0.05, 0) is 19.1 Å². The molecule has 1 aromatic carbocycles. The molecule has 2 N–H and O–H groups in total. The second-order valence-corrected chi connectivity index (χ2v) is 4.22. The Morgan fingerprint density at radius 3 is 2.65 bits per heavy atom. The van der Waals surface area contributed by atoms with Gasteiger partial charge in [0.2, 0.25) is 0 Å². The lowest BCUT2D eigenvalue weighted by molar-refractivity contribution is -0.138. The third-order valence-corrected chi connectivity index (χ3v) is 2.68. The van der Waals surface area contributed by atoms with E-state index in [1.807, 2.05) is 0 Å². The fourth-order valence-corrected chi connectivity index (χ4v) is 1.64. The number of hydrogen-bond donors (Lipinski definition) is 2. The number of benzene rings is 1. The van der Waals surface area contributed by atoms with E-state index in [9.17, 15) is 18.4 Å². The lowest BCUT2D eigenvalue weighted by Gasteiger charge is -2.09. The first kappa shape index (κ1) is 13.9. The quantitative estimate of drug-likeness (QED) is 0.897. The molecule has 0 fully saturated rings. The summed E-state index contributed by atoms with van der Waals surface area (Å²) in [5, 5.41) is 11.0. The summed E-state index contributed by atoms with van der Waals surface area (Å²) in [6.07, 6.45) is 1.10. The number of carbonyl (C=O) groups excluding carboxylic acids is 1. The molecule has 2 aromatic rings. The van der Waals surface area contributed by atoms with E-state index in [1.165, 1.54) is 13.0 Å². The van der Waals surface area contributed by atoms with Gasteiger partial charge in [0.1, 0.15) is 17.4 Å². The largest absolute Gasteiger partial charge is 0.480 e. The van der Waals surface area contributed by atoms with E-state index in [-0.39, 0.29) is 16.5 Å². The van der Waals surface area contributed by atoms with Crippen molar-refractivity contribution in [3.05, 3.63) is 41.6 Å². The Kier molecular flexibility index (Phi) is 3.60. The van der Waals surface area contributed by atoms with Crippen molar-refractivity contribution in [2.24, 2.45) is 0 Å². The number of aliphatic carboxylic acids is 1. The first-order valence-corrected chi connectivity index (χ1v) is 5.67. The zero-order valence-corrected chi connectivity index (χ0v) is 10.4. The zero-order valence-electron chi connectivity index (χ0n) is 10.4. The van der Waals surface area contributed by atoms with Crippen LogP contribution in [0.2, 0.25) is 0 Å².